The molecule has 0 aliphatic carbocycles. The monoisotopic (exact) mass is 291 g/mol. The number of oxazole rings is 1. The highest BCUT2D eigenvalue weighted by atomic mass is 32.2. The van der Waals surface area contributed by atoms with Crippen molar-refractivity contribution in [3.63, 3.8) is 0 Å². The molecule has 0 bridgehead atoms. The topological polar surface area (TPSA) is 89.4 Å². The van der Waals surface area contributed by atoms with Crippen LogP contribution in [0, 0.1) is 0 Å². The molecule has 0 spiro atoms. The molecule has 1 saturated heterocycles. The van der Waals surface area contributed by atoms with Crippen LogP contribution in [0.2, 0.25) is 0 Å². The summed E-state index contributed by atoms with van der Waals surface area (Å²) >= 11 is 1.64. The van der Waals surface area contributed by atoms with Crippen molar-refractivity contribution in [3.05, 3.63) is 12.0 Å². The van der Waals surface area contributed by atoms with Gasteiger partial charge in [-0.3, -0.25) is 0 Å². The molecule has 2 rings (SSSR count). The number of nitrogens with two attached hydrogens (primary N) is 1. The summed E-state index contributed by atoms with van der Waals surface area (Å²) in [4.78, 5) is 5.94. The number of hydrogen-bond acceptors (Lipinski definition) is 7. The molecule has 0 saturated carbocycles. The van der Waals surface area contributed by atoms with E-state index in [2.05, 4.69) is 4.98 Å². The van der Waals surface area contributed by atoms with Crippen molar-refractivity contribution in [2.24, 2.45) is 5.73 Å². The molecule has 1 atom stereocenters. The third-order valence-corrected chi connectivity index (χ3v) is 6.18. The van der Waals surface area contributed by atoms with Gasteiger partial charge in [-0.2, -0.15) is 16.7 Å². The SMILES string of the molecule is CCS(=O)(=O)C1CSCCN1c1nc(CN)co1. The van der Waals surface area contributed by atoms with Crippen LogP contribution in [0.4, 0.5) is 6.01 Å². The molecular formula is C10H17N3O3S2. The number of sulfone groups is 1. The van der Waals surface area contributed by atoms with Gasteiger partial charge in [-0.05, 0) is 0 Å². The highest BCUT2D eigenvalue weighted by molar-refractivity contribution is 8.01. The van der Waals surface area contributed by atoms with E-state index in [4.69, 9.17) is 10.2 Å². The minimum atomic E-state index is -3.14. The molecule has 0 radical (unpaired) electrons. The zero-order chi connectivity index (χ0) is 13.2. The Morgan fingerprint density at radius 1 is 1.67 bits per heavy atom. The van der Waals surface area contributed by atoms with E-state index in [0.717, 1.165) is 5.75 Å². The summed E-state index contributed by atoms with van der Waals surface area (Å²) in [5, 5.41) is -0.550. The smallest absolute Gasteiger partial charge is 0.298 e. The van der Waals surface area contributed by atoms with Crippen LogP contribution < -0.4 is 10.6 Å². The normalized spacial score (nSPS) is 21.2. The number of hydrogen-bond donors (Lipinski definition) is 1. The summed E-state index contributed by atoms with van der Waals surface area (Å²) in [7, 11) is -3.14. The summed E-state index contributed by atoms with van der Waals surface area (Å²) < 4.78 is 29.5. The quantitative estimate of drug-likeness (QED) is 0.861. The van der Waals surface area contributed by atoms with E-state index in [9.17, 15) is 8.42 Å². The molecular weight excluding hydrogens is 274 g/mol. The van der Waals surface area contributed by atoms with Crippen LogP contribution in [0.5, 0.6) is 0 Å². The molecule has 18 heavy (non-hydrogen) atoms. The lowest BCUT2D eigenvalue weighted by Gasteiger charge is -2.33. The van der Waals surface area contributed by atoms with Crippen LogP contribution in [0.3, 0.4) is 0 Å². The Morgan fingerprint density at radius 2 is 2.44 bits per heavy atom. The summed E-state index contributed by atoms with van der Waals surface area (Å²) in [5.74, 6) is 1.55. The van der Waals surface area contributed by atoms with Crippen LogP contribution in [-0.2, 0) is 16.4 Å². The van der Waals surface area contributed by atoms with E-state index in [1.807, 2.05) is 0 Å². The molecule has 1 aromatic rings. The first-order chi connectivity index (χ1) is 8.58. The van der Waals surface area contributed by atoms with E-state index >= 15 is 0 Å². The van der Waals surface area contributed by atoms with Gasteiger partial charge in [-0.15, -0.1) is 0 Å². The minimum Gasteiger partial charge on any atom is -0.432 e. The lowest BCUT2D eigenvalue weighted by Crippen LogP contribution is -2.48. The van der Waals surface area contributed by atoms with Crippen LogP contribution in [0.1, 0.15) is 12.6 Å². The molecule has 0 aromatic carbocycles. The van der Waals surface area contributed by atoms with Gasteiger partial charge in [0.05, 0.1) is 5.69 Å². The summed E-state index contributed by atoms with van der Waals surface area (Å²) in [6.45, 7) is 2.57. The van der Waals surface area contributed by atoms with Crippen molar-refractivity contribution in [1.82, 2.24) is 4.98 Å². The summed E-state index contributed by atoms with van der Waals surface area (Å²) in [5.41, 5.74) is 6.11. The van der Waals surface area contributed by atoms with E-state index < -0.39 is 15.2 Å². The molecule has 1 aliphatic rings. The fourth-order valence-corrected chi connectivity index (χ4v) is 4.77. The zero-order valence-corrected chi connectivity index (χ0v) is 11.8. The lowest BCUT2D eigenvalue weighted by molar-refractivity contribution is 0.521. The molecule has 8 heteroatoms. The Kier molecular flexibility index (Phi) is 4.18. The maximum absolute atomic E-state index is 12.1. The molecule has 2 heterocycles. The Labute approximate surface area is 111 Å². The molecule has 2 N–H and O–H groups in total. The molecule has 1 unspecified atom stereocenters. The molecule has 1 aromatic heterocycles. The van der Waals surface area contributed by atoms with Gasteiger partial charge in [0.15, 0.2) is 9.84 Å². The van der Waals surface area contributed by atoms with Crippen molar-refractivity contribution in [2.75, 3.05) is 28.7 Å². The molecule has 0 amide bonds. The standard InChI is InChI=1S/C10H17N3O3S2/c1-2-18(14,15)9-7-17-4-3-13(9)10-12-8(5-11)6-16-10/h6,9H,2-5,7,11H2,1H3. The molecule has 6 nitrogen and oxygen atoms in total. The summed E-state index contributed by atoms with van der Waals surface area (Å²) in [6.07, 6.45) is 1.48. The van der Waals surface area contributed by atoms with Gasteiger partial charge in [0.1, 0.15) is 11.6 Å². The Balaban J connectivity index is 2.28. The zero-order valence-electron chi connectivity index (χ0n) is 10.2. The van der Waals surface area contributed by atoms with Crippen molar-refractivity contribution < 1.29 is 12.8 Å². The van der Waals surface area contributed by atoms with Crippen molar-refractivity contribution in [1.29, 1.82) is 0 Å². The largest absolute Gasteiger partial charge is 0.432 e. The van der Waals surface area contributed by atoms with E-state index in [-0.39, 0.29) is 12.3 Å². The van der Waals surface area contributed by atoms with Crippen LogP contribution >= 0.6 is 11.8 Å². The maximum atomic E-state index is 12.1. The van der Waals surface area contributed by atoms with Gasteiger partial charge in [0, 0.05) is 30.3 Å². The van der Waals surface area contributed by atoms with E-state index in [1.54, 1.807) is 23.6 Å². The average Bonchev–Trinajstić information content (AvgIpc) is 2.87. The number of thioether (sulfide) groups is 1. The fraction of sp³-hybridized carbons (Fsp3) is 0.700. The lowest BCUT2D eigenvalue weighted by atomic mass is 10.5. The first-order valence-electron chi connectivity index (χ1n) is 5.79. The molecule has 102 valence electrons. The van der Waals surface area contributed by atoms with Gasteiger partial charge in [0.2, 0.25) is 0 Å². The molecule has 1 aliphatic heterocycles. The summed E-state index contributed by atoms with van der Waals surface area (Å²) in [6, 6.07) is 0.359. The van der Waals surface area contributed by atoms with Gasteiger partial charge >= 0.3 is 0 Å². The number of nitrogens with zero attached hydrogens (tertiary/aromatic N) is 2. The van der Waals surface area contributed by atoms with Gasteiger partial charge in [-0.1, -0.05) is 6.92 Å². The Bertz CT molecular complexity index is 500. The van der Waals surface area contributed by atoms with E-state index in [0.29, 0.717) is 24.0 Å². The number of aromatic nitrogens is 1. The van der Waals surface area contributed by atoms with Crippen LogP contribution in [0.15, 0.2) is 10.7 Å². The second-order valence-corrected chi connectivity index (χ2v) is 7.60. The van der Waals surface area contributed by atoms with Crippen molar-refractivity contribution in [3.8, 4) is 0 Å². The van der Waals surface area contributed by atoms with E-state index in [1.165, 1.54) is 6.26 Å². The van der Waals surface area contributed by atoms with Crippen LogP contribution in [0.25, 0.3) is 0 Å². The van der Waals surface area contributed by atoms with Crippen LogP contribution in [-0.4, -0.2) is 42.6 Å². The first-order valence-corrected chi connectivity index (χ1v) is 8.66. The third kappa shape index (κ3) is 2.65. The second-order valence-electron chi connectivity index (χ2n) is 4.00. The predicted octanol–water partition coefficient (Wildman–Crippen LogP) is 0.447. The van der Waals surface area contributed by atoms with Crippen molar-refractivity contribution >= 4 is 27.6 Å². The Hall–Kier alpha value is -0.730. The highest BCUT2D eigenvalue weighted by Gasteiger charge is 2.35. The average molecular weight is 291 g/mol. The highest BCUT2D eigenvalue weighted by Crippen LogP contribution is 2.26. The molecule has 1 fully saturated rings. The van der Waals surface area contributed by atoms with Gasteiger partial charge in [0.25, 0.3) is 6.01 Å². The predicted molar refractivity (Wildman–Crippen MR) is 72.3 cm³/mol. The Morgan fingerprint density at radius 3 is 3.06 bits per heavy atom. The first kappa shape index (κ1) is 13.7. The number of anilines is 1. The third-order valence-electron chi connectivity index (χ3n) is 2.90. The second kappa shape index (κ2) is 5.50. The fourth-order valence-electron chi connectivity index (χ4n) is 1.81. The van der Waals surface area contributed by atoms with Gasteiger partial charge in [-0.25, -0.2) is 8.42 Å². The minimum absolute atomic E-state index is 0.124. The van der Waals surface area contributed by atoms with Crippen molar-refractivity contribution in [2.45, 2.75) is 18.8 Å². The number of rotatable bonds is 4. The maximum Gasteiger partial charge on any atom is 0.298 e. The van der Waals surface area contributed by atoms with Gasteiger partial charge < -0.3 is 15.1 Å².